The van der Waals surface area contributed by atoms with Crippen LogP contribution in [0.15, 0.2) is 45.6 Å². The fourth-order valence-electron chi connectivity index (χ4n) is 1.94. The highest BCUT2D eigenvalue weighted by Gasteiger charge is 2.12. The van der Waals surface area contributed by atoms with Gasteiger partial charge in [-0.25, -0.2) is 4.98 Å². The number of furan rings is 1. The van der Waals surface area contributed by atoms with Gasteiger partial charge in [0.2, 0.25) is 0 Å². The maximum absolute atomic E-state index is 5.71. The number of aryl methyl sites for hydroxylation is 1. The summed E-state index contributed by atoms with van der Waals surface area (Å²) in [5.41, 5.74) is 1.79. The molecule has 0 atom stereocenters. The summed E-state index contributed by atoms with van der Waals surface area (Å²) in [6.07, 6.45) is 5.07. The quantitative estimate of drug-likeness (QED) is 0.659. The number of alkyl halides is 1. The summed E-state index contributed by atoms with van der Waals surface area (Å²) in [6.45, 7) is 0. The van der Waals surface area contributed by atoms with E-state index < -0.39 is 0 Å². The molecule has 3 aromatic rings. The third-order valence-electron chi connectivity index (χ3n) is 2.82. The van der Waals surface area contributed by atoms with E-state index >= 15 is 0 Å². The molecule has 0 fully saturated rings. The van der Waals surface area contributed by atoms with Gasteiger partial charge in [0.1, 0.15) is 11.8 Å². The molecule has 0 radical (unpaired) electrons. The van der Waals surface area contributed by atoms with E-state index in [9.17, 15) is 0 Å². The minimum Gasteiger partial charge on any atom is -0.464 e. The molecule has 0 spiro atoms. The maximum atomic E-state index is 5.71. The molecule has 0 amide bonds. The van der Waals surface area contributed by atoms with Crippen molar-refractivity contribution in [3.63, 3.8) is 0 Å². The summed E-state index contributed by atoms with van der Waals surface area (Å²) in [7, 11) is 0. The average molecular weight is 262 g/mol. The van der Waals surface area contributed by atoms with Crippen molar-refractivity contribution >= 4 is 22.6 Å². The fourth-order valence-corrected chi connectivity index (χ4v) is 2.07. The van der Waals surface area contributed by atoms with Crippen LogP contribution in [0.3, 0.4) is 0 Å². The van der Waals surface area contributed by atoms with E-state index in [1.807, 2.05) is 24.3 Å². The number of rotatable bonds is 4. The van der Waals surface area contributed by atoms with Gasteiger partial charge in [-0.1, -0.05) is 18.2 Å². The Morgan fingerprint density at radius 3 is 3.00 bits per heavy atom. The van der Waals surface area contributed by atoms with E-state index in [0.29, 0.717) is 5.88 Å². The Morgan fingerprint density at radius 2 is 2.11 bits per heavy atom. The van der Waals surface area contributed by atoms with Crippen LogP contribution in [-0.4, -0.2) is 10.9 Å². The van der Waals surface area contributed by atoms with Crippen molar-refractivity contribution < 1.29 is 8.83 Å². The Bertz CT molecular complexity index is 656. The second-order valence-corrected chi connectivity index (χ2v) is 4.43. The normalized spacial score (nSPS) is 11.2. The van der Waals surface area contributed by atoms with Crippen LogP contribution in [0.5, 0.6) is 0 Å². The van der Waals surface area contributed by atoms with Crippen LogP contribution in [0.25, 0.3) is 22.3 Å². The summed E-state index contributed by atoms with van der Waals surface area (Å²) < 4.78 is 11.2. The smallest absolute Gasteiger partial charge is 0.194 e. The maximum Gasteiger partial charge on any atom is 0.194 e. The Balaban J connectivity index is 1.96. The molecular formula is C14H12ClNO2. The van der Waals surface area contributed by atoms with Crippen LogP contribution < -0.4 is 0 Å². The highest BCUT2D eigenvalue weighted by atomic mass is 35.5. The number of hydrogen-bond donors (Lipinski definition) is 0. The second-order valence-electron chi connectivity index (χ2n) is 4.06. The standard InChI is InChI=1S/C14H12ClNO2/c15-7-3-6-14-16-8-13(18-14)11-9-17-12-5-2-1-4-10(11)12/h1-2,4-5,8-9H,3,6-7H2. The molecule has 0 unspecified atom stereocenters. The summed E-state index contributed by atoms with van der Waals surface area (Å²) >= 11 is 5.65. The van der Waals surface area contributed by atoms with Crippen molar-refractivity contribution in [1.29, 1.82) is 0 Å². The van der Waals surface area contributed by atoms with Gasteiger partial charge in [0.15, 0.2) is 11.7 Å². The molecule has 1 aromatic carbocycles. The number of aromatic nitrogens is 1. The van der Waals surface area contributed by atoms with Gasteiger partial charge in [-0.3, -0.25) is 0 Å². The molecule has 4 heteroatoms. The number of fused-ring (bicyclic) bond motifs is 1. The first-order valence-corrected chi connectivity index (χ1v) is 6.39. The molecule has 18 heavy (non-hydrogen) atoms. The molecule has 0 bridgehead atoms. The van der Waals surface area contributed by atoms with Gasteiger partial charge in [-0.2, -0.15) is 0 Å². The number of hydrogen-bond acceptors (Lipinski definition) is 3. The summed E-state index contributed by atoms with van der Waals surface area (Å²) in [4.78, 5) is 4.25. The lowest BCUT2D eigenvalue weighted by molar-refractivity contribution is 0.502. The number of nitrogens with zero attached hydrogens (tertiary/aromatic N) is 1. The van der Waals surface area contributed by atoms with Crippen molar-refractivity contribution in [1.82, 2.24) is 4.98 Å². The van der Waals surface area contributed by atoms with Crippen molar-refractivity contribution in [2.45, 2.75) is 12.8 Å². The van der Waals surface area contributed by atoms with Crippen LogP contribution in [0, 0.1) is 0 Å². The molecule has 0 aliphatic rings. The second kappa shape index (κ2) is 4.86. The van der Waals surface area contributed by atoms with Gasteiger partial charge in [-0.15, -0.1) is 11.6 Å². The predicted octanol–water partition coefficient (Wildman–Crippen LogP) is 4.26. The zero-order valence-electron chi connectivity index (χ0n) is 9.73. The fraction of sp³-hybridized carbons (Fsp3) is 0.214. The van der Waals surface area contributed by atoms with Gasteiger partial charge in [0, 0.05) is 17.7 Å². The molecule has 0 N–H and O–H groups in total. The van der Waals surface area contributed by atoms with Crippen molar-refractivity contribution in [3.8, 4) is 11.3 Å². The third-order valence-corrected chi connectivity index (χ3v) is 3.09. The van der Waals surface area contributed by atoms with E-state index in [0.717, 1.165) is 41.0 Å². The van der Waals surface area contributed by atoms with Crippen molar-refractivity contribution in [2.75, 3.05) is 5.88 Å². The Kier molecular flexibility index (Phi) is 3.07. The monoisotopic (exact) mass is 261 g/mol. The summed E-state index contributed by atoms with van der Waals surface area (Å²) in [5.74, 6) is 2.08. The first-order chi connectivity index (χ1) is 8.88. The van der Waals surface area contributed by atoms with E-state index in [1.54, 1.807) is 12.5 Å². The average Bonchev–Trinajstić information content (AvgIpc) is 3.02. The molecule has 2 aromatic heterocycles. The van der Waals surface area contributed by atoms with Crippen LogP contribution in [0.1, 0.15) is 12.3 Å². The van der Waals surface area contributed by atoms with Gasteiger partial charge >= 0.3 is 0 Å². The van der Waals surface area contributed by atoms with Gasteiger partial charge in [-0.05, 0) is 12.5 Å². The van der Waals surface area contributed by atoms with E-state index in [4.69, 9.17) is 20.4 Å². The molecule has 0 aliphatic heterocycles. The van der Waals surface area contributed by atoms with Crippen LogP contribution in [0.2, 0.25) is 0 Å². The molecular weight excluding hydrogens is 250 g/mol. The van der Waals surface area contributed by atoms with E-state index in [1.165, 1.54) is 0 Å². The van der Waals surface area contributed by atoms with Gasteiger partial charge in [0.05, 0.1) is 11.8 Å². The van der Waals surface area contributed by atoms with E-state index in [-0.39, 0.29) is 0 Å². The summed E-state index contributed by atoms with van der Waals surface area (Å²) in [6, 6.07) is 7.87. The SMILES string of the molecule is ClCCCc1ncc(-c2coc3ccccc23)o1. The minimum absolute atomic E-state index is 0.617. The largest absolute Gasteiger partial charge is 0.464 e. The van der Waals surface area contributed by atoms with E-state index in [2.05, 4.69) is 4.98 Å². The third kappa shape index (κ3) is 2.02. The lowest BCUT2D eigenvalue weighted by atomic mass is 10.1. The highest BCUT2D eigenvalue weighted by molar-refractivity contribution is 6.17. The molecule has 0 aliphatic carbocycles. The Morgan fingerprint density at radius 1 is 1.22 bits per heavy atom. The zero-order chi connectivity index (χ0) is 12.4. The lowest BCUT2D eigenvalue weighted by Gasteiger charge is -1.93. The number of benzene rings is 1. The first-order valence-electron chi connectivity index (χ1n) is 5.86. The Hall–Kier alpha value is -1.74. The first kappa shape index (κ1) is 11.4. The number of oxazole rings is 1. The number of para-hydroxylation sites is 1. The topological polar surface area (TPSA) is 39.2 Å². The summed E-state index contributed by atoms with van der Waals surface area (Å²) in [5, 5.41) is 1.04. The number of halogens is 1. The molecule has 2 heterocycles. The van der Waals surface area contributed by atoms with Crippen LogP contribution in [-0.2, 0) is 6.42 Å². The minimum atomic E-state index is 0.617. The zero-order valence-corrected chi connectivity index (χ0v) is 10.5. The molecule has 3 nitrogen and oxygen atoms in total. The molecule has 0 saturated heterocycles. The van der Waals surface area contributed by atoms with Gasteiger partial charge in [0.25, 0.3) is 0 Å². The highest BCUT2D eigenvalue weighted by Crippen LogP contribution is 2.30. The lowest BCUT2D eigenvalue weighted by Crippen LogP contribution is -1.84. The predicted molar refractivity (Wildman–Crippen MR) is 70.8 cm³/mol. The Labute approximate surface area is 109 Å². The van der Waals surface area contributed by atoms with Gasteiger partial charge < -0.3 is 8.83 Å². The van der Waals surface area contributed by atoms with Crippen LogP contribution >= 0.6 is 11.6 Å². The molecule has 3 rings (SSSR count). The van der Waals surface area contributed by atoms with Crippen molar-refractivity contribution in [3.05, 3.63) is 42.6 Å². The molecule has 92 valence electrons. The van der Waals surface area contributed by atoms with Crippen molar-refractivity contribution in [2.24, 2.45) is 0 Å². The molecule has 0 saturated carbocycles. The van der Waals surface area contributed by atoms with Crippen LogP contribution in [0.4, 0.5) is 0 Å².